The van der Waals surface area contributed by atoms with Crippen LogP contribution in [0.2, 0.25) is 0 Å². The summed E-state index contributed by atoms with van der Waals surface area (Å²) in [4.78, 5) is 12.2. The zero-order chi connectivity index (χ0) is 14.7. The second kappa shape index (κ2) is 6.52. The van der Waals surface area contributed by atoms with E-state index < -0.39 is 6.04 Å². The van der Waals surface area contributed by atoms with Crippen LogP contribution in [0.25, 0.3) is 0 Å². The van der Waals surface area contributed by atoms with Gasteiger partial charge < -0.3 is 11.1 Å². The van der Waals surface area contributed by atoms with E-state index in [1.165, 1.54) is 0 Å². The highest BCUT2D eigenvalue weighted by atomic mass is 79.9. The van der Waals surface area contributed by atoms with Gasteiger partial charge in [0.05, 0.1) is 5.69 Å². The number of carbonyl (C=O) groups is 1. The van der Waals surface area contributed by atoms with Crippen LogP contribution < -0.4 is 11.1 Å². The van der Waals surface area contributed by atoms with E-state index in [4.69, 9.17) is 5.73 Å². The lowest BCUT2D eigenvalue weighted by Gasteiger charge is -2.15. The number of benzene rings is 2. The Morgan fingerprint density at radius 2 is 1.70 bits per heavy atom. The van der Waals surface area contributed by atoms with Crippen LogP contribution in [0.3, 0.4) is 0 Å². The average Bonchev–Trinajstić information content (AvgIpc) is 2.42. The van der Waals surface area contributed by atoms with Crippen LogP contribution in [-0.4, -0.2) is 5.91 Å². The quantitative estimate of drug-likeness (QED) is 0.816. The normalized spacial score (nSPS) is 12.0. The second-order valence-corrected chi connectivity index (χ2v) is 6.19. The molecule has 0 aliphatic heterocycles. The van der Waals surface area contributed by atoms with Gasteiger partial charge in [-0.05, 0) is 62.0 Å². The minimum absolute atomic E-state index is 0.249. The molecule has 0 aromatic heterocycles. The number of anilines is 1. The molecule has 1 amide bonds. The molecule has 1 atom stereocenters. The molecule has 2 rings (SSSR count). The Bertz CT molecular complexity index is 606. The number of aryl methyl sites for hydroxylation is 1. The standard InChI is InChI=1S/C15H14Br2N2O/c1-9-7-11(16)14(12(17)8-9)19-15(20)13(18)10-5-3-2-4-6-10/h2-8,13H,18H2,1H3,(H,19,20)/t13-/m1/s1. The van der Waals surface area contributed by atoms with E-state index >= 15 is 0 Å². The van der Waals surface area contributed by atoms with E-state index in [2.05, 4.69) is 37.2 Å². The first-order chi connectivity index (χ1) is 9.49. The fraction of sp³-hybridized carbons (Fsp3) is 0.133. The molecular weight excluding hydrogens is 384 g/mol. The number of carbonyl (C=O) groups excluding carboxylic acids is 1. The lowest BCUT2D eigenvalue weighted by atomic mass is 10.1. The number of nitrogens with one attached hydrogen (secondary N) is 1. The molecule has 0 aliphatic carbocycles. The maximum Gasteiger partial charge on any atom is 0.245 e. The molecule has 0 heterocycles. The van der Waals surface area contributed by atoms with Crippen LogP contribution in [0.1, 0.15) is 17.2 Å². The lowest BCUT2D eigenvalue weighted by molar-refractivity contribution is -0.117. The van der Waals surface area contributed by atoms with Gasteiger partial charge in [-0.1, -0.05) is 30.3 Å². The van der Waals surface area contributed by atoms with Gasteiger partial charge in [-0.25, -0.2) is 0 Å². The minimum atomic E-state index is -0.698. The summed E-state index contributed by atoms with van der Waals surface area (Å²) in [5.74, 6) is -0.249. The van der Waals surface area contributed by atoms with Crippen molar-refractivity contribution >= 4 is 43.5 Å². The summed E-state index contributed by atoms with van der Waals surface area (Å²) in [5.41, 5.74) is 8.53. The highest BCUT2D eigenvalue weighted by molar-refractivity contribution is 9.11. The Labute approximate surface area is 134 Å². The highest BCUT2D eigenvalue weighted by Crippen LogP contribution is 2.32. The summed E-state index contributed by atoms with van der Waals surface area (Å²) >= 11 is 6.89. The molecule has 0 saturated carbocycles. The molecule has 20 heavy (non-hydrogen) atoms. The zero-order valence-electron chi connectivity index (χ0n) is 10.9. The van der Waals surface area contributed by atoms with Gasteiger partial charge in [0.15, 0.2) is 0 Å². The van der Waals surface area contributed by atoms with Crippen LogP contribution in [0.5, 0.6) is 0 Å². The summed E-state index contributed by atoms with van der Waals surface area (Å²) in [7, 11) is 0. The fourth-order valence-corrected chi connectivity index (χ4v) is 3.45. The Morgan fingerprint density at radius 1 is 1.15 bits per heavy atom. The molecule has 0 radical (unpaired) electrons. The summed E-state index contributed by atoms with van der Waals surface area (Å²) < 4.78 is 1.64. The van der Waals surface area contributed by atoms with Gasteiger partial charge in [0.1, 0.15) is 6.04 Å². The van der Waals surface area contributed by atoms with Crippen LogP contribution in [-0.2, 0) is 4.79 Å². The first-order valence-electron chi connectivity index (χ1n) is 6.06. The first-order valence-corrected chi connectivity index (χ1v) is 7.64. The topological polar surface area (TPSA) is 55.1 Å². The largest absolute Gasteiger partial charge is 0.322 e. The number of hydrogen-bond donors (Lipinski definition) is 2. The van der Waals surface area contributed by atoms with Crippen molar-refractivity contribution < 1.29 is 4.79 Å². The van der Waals surface area contributed by atoms with Gasteiger partial charge in [-0.2, -0.15) is 0 Å². The monoisotopic (exact) mass is 396 g/mol. The fourth-order valence-electron chi connectivity index (χ4n) is 1.83. The zero-order valence-corrected chi connectivity index (χ0v) is 14.0. The molecule has 2 aromatic carbocycles. The molecule has 104 valence electrons. The molecule has 0 spiro atoms. The molecule has 0 saturated heterocycles. The summed E-state index contributed by atoms with van der Waals surface area (Å²) in [6, 6.07) is 12.5. The van der Waals surface area contributed by atoms with E-state index in [1.54, 1.807) is 0 Å². The molecule has 3 N–H and O–H groups in total. The Kier molecular flexibility index (Phi) is 4.96. The van der Waals surface area contributed by atoms with Crippen LogP contribution in [0.15, 0.2) is 51.4 Å². The van der Waals surface area contributed by atoms with Crippen molar-refractivity contribution in [3.63, 3.8) is 0 Å². The molecule has 2 aromatic rings. The highest BCUT2D eigenvalue weighted by Gasteiger charge is 2.18. The minimum Gasteiger partial charge on any atom is -0.322 e. The Balaban J connectivity index is 2.20. The lowest BCUT2D eigenvalue weighted by Crippen LogP contribution is -2.28. The van der Waals surface area contributed by atoms with E-state index in [-0.39, 0.29) is 5.91 Å². The van der Waals surface area contributed by atoms with Crippen molar-refractivity contribution in [1.29, 1.82) is 0 Å². The molecular formula is C15H14Br2N2O. The summed E-state index contributed by atoms with van der Waals surface area (Å²) in [5, 5.41) is 2.85. The smallest absolute Gasteiger partial charge is 0.245 e. The second-order valence-electron chi connectivity index (χ2n) is 4.48. The van der Waals surface area contributed by atoms with E-state index in [9.17, 15) is 4.79 Å². The van der Waals surface area contributed by atoms with Gasteiger partial charge in [0.2, 0.25) is 5.91 Å². The Hall–Kier alpha value is -1.17. The first kappa shape index (κ1) is 15.2. The van der Waals surface area contributed by atoms with E-state index in [1.807, 2.05) is 49.4 Å². The molecule has 0 fully saturated rings. The third-order valence-corrected chi connectivity index (χ3v) is 4.13. The van der Waals surface area contributed by atoms with Gasteiger partial charge in [0.25, 0.3) is 0 Å². The van der Waals surface area contributed by atoms with Crippen molar-refractivity contribution in [3.8, 4) is 0 Å². The molecule has 3 nitrogen and oxygen atoms in total. The summed E-state index contributed by atoms with van der Waals surface area (Å²) in [6.07, 6.45) is 0. The summed E-state index contributed by atoms with van der Waals surface area (Å²) in [6.45, 7) is 1.98. The third-order valence-electron chi connectivity index (χ3n) is 2.88. The predicted octanol–water partition coefficient (Wildman–Crippen LogP) is 4.16. The number of hydrogen-bond acceptors (Lipinski definition) is 2. The molecule has 0 bridgehead atoms. The van der Waals surface area contributed by atoms with Crippen molar-refractivity contribution in [2.45, 2.75) is 13.0 Å². The molecule has 0 aliphatic rings. The van der Waals surface area contributed by atoms with Gasteiger partial charge >= 0.3 is 0 Å². The van der Waals surface area contributed by atoms with Gasteiger partial charge in [-0.15, -0.1) is 0 Å². The number of rotatable bonds is 3. The third kappa shape index (κ3) is 3.48. The molecule has 0 unspecified atom stereocenters. The van der Waals surface area contributed by atoms with E-state index in [0.29, 0.717) is 5.69 Å². The van der Waals surface area contributed by atoms with Crippen LogP contribution >= 0.6 is 31.9 Å². The van der Waals surface area contributed by atoms with Gasteiger partial charge in [0, 0.05) is 8.95 Å². The predicted molar refractivity (Wildman–Crippen MR) is 88.6 cm³/mol. The van der Waals surface area contributed by atoms with E-state index in [0.717, 1.165) is 20.1 Å². The van der Waals surface area contributed by atoms with Crippen molar-refractivity contribution in [1.82, 2.24) is 0 Å². The number of halogens is 2. The van der Waals surface area contributed by atoms with Crippen LogP contribution in [0.4, 0.5) is 5.69 Å². The SMILES string of the molecule is Cc1cc(Br)c(NC(=O)[C@H](N)c2ccccc2)c(Br)c1. The van der Waals surface area contributed by atoms with Crippen molar-refractivity contribution in [2.24, 2.45) is 5.73 Å². The Morgan fingerprint density at radius 3 is 2.25 bits per heavy atom. The maximum absolute atomic E-state index is 12.2. The number of nitrogens with two attached hydrogens (primary N) is 1. The molecule has 5 heteroatoms. The van der Waals surface area contributed by atoms with Crippen molar-refractivity contribution in [3.05, 3.63) is 62.5 Å². The average molecular weight is 398 g/mol. The maximum atomic E-state index is 12.2. The number of amides is 1. The van der Waals surface area contributed by atoms with Crippen LogP contribution in [0, 0.1) is 6.92 Å². The van der Waals surface area contributed by atoms with Gasteiger partial charge in [-0.3, -0.25) is 4.79 Å². The van der Waals surface area contributed by atoms with Crippen molar-refractivity contribution in [2.75, 3.05) is 5.32 Å².